The first-order valence-electron chi connectivity index (χ1n) is 8.40. The van der Waals surface area contributed by atoms with Crippen LogP contribution >= 0.6 is 11.8 Å². The first-order valence-corrected chi connectivity index (χ1v) is 9.39. The highest BCUT2D eigenvalue weighted by molar-refractivity contribution is 7.98. The Hall–Kier alpha value is -2.68. The third kappa shape index (κ3) is 5.23. The molecule has 0 radical (unpaired) electrons. The van der Waals surface area contributed by atoms with Crippen LogP contribution in [0, 0.1) is 25.5 Å². The molecule has 0 N–H and O–H groups in total. The van der Waals surface area contributed by atoms with E-state index in [4.69, 9.17) is 4.74 Å². The van der Waals surface area contributed by atoms with Gasteiger partial charge in [-0.25, -0.2) is 13.8 Å². The van der Waals surface area contributed by atoms with Crippen LogP contribution in [-0.2, 0) is 11.9 Å². The second-order valence-electron chi connectivity index (χ2n) is 6.21. The molecule has 9 heteroatoms. The molecule has 0 spiro atoms. The van der Waals surface area contributed by atoms with E-state index < -0.39 is 23.5 Å². The van der Waals surface area contributed by atoms with E-state index in [2.05, 4.69) is 9.97 Å². The van der Waals surface area contributed by atoms with Crippen LogP contribution in [0.5, 0.6) is 11.6 Å². The Labute approximate surface area is 168 Å². The molecule has 152 valence electrons. The van der Waals surface area contributed by atoms with Gasteiger partial charge in [-0.15, -0.1) is 0 Å². The molecule has 29 heavy (non-hydrogen) atoms. The predicted molar refractivity (Wildman–Crippen MR) is 98.9 cm³/mol. The minimum absolute atomic E-state index is 0.268. The molecule has 3 nitrogen and oxygen atoms in total. The van der Waals surface area contributed by atoms with Crippen molar-refractivity contribution in [3.05, 3.63) is 76.5 Å². The molecular formula is C20H15F5N2OS. The smallest absolute Gasteiger partial charge is 0.433 e. The molecule has 3 aromatic rings. The Morgan fingerprint density at radius 2 is 1.62 bits per heavy atom. The maximum Gasteiger partial charge on any atom is 0.433 e. The van der Waals surface area contributed by atoms with Gasteiger partial charge >= 0.3 is 6.18 Å². The zero-order chi connectivity index (χ0) is 21.2. The molecule has 0 bridgehead atoms. The monoisotopic (exact) mass is 426 g/mol. The molecule has 0 atom stereocenters. The van der Waals surface area contributed by atoms with Crippen LogP contribution in [0.2, 0.25) is 0 Å². The largest absolute Gasteiger partial charge is 0.439 e. The molecule has 2 aromatic carbocycles. The maximum atomic E-state index is 13.8. The molecule has 1 aromatic heterocycles. The number of hydrogen-bond acceptors (Lipinski definition) is 4. The zero-order valence-electron chi connectivity index (χ0n) is 15.3. The van der Waals surface area contributed by atoms with Gasteiger partial charge in [0.25, 0.3) is 0 Å². The Morgan fingerprint density at radius 1 is 0.931 bits per heavy atom. The van der Waals surface area contributed by atoms with Crippen molar-refractivity contribution < 1.29 is 26.7 Å². The van der Waals surface area contributed by atoms with Crippen molar-refractivity contribution >= 4 is 11.8 Å². The maximum absolute atomic E-state index is 13.8. The lowest BCUT2D eigenvalue weighted by molar-refractivity contribution is -0.141. The SMILES string of the molecule is Cc1ccc(Oc2cc(C(F)(F)F)nc(SCc3c(F)cccc3F)n2)cc1C. The van der Waals surface area contributed by atoms with Crippen molar-refractivity contribution in [2.75, 3.05) is 0 Å². The molecule has 1 heterocycles. The summed E-state index contributed by atoms with van der Waals surface area (Å²) in [5, 5.41) is -0.304. The fourth-order valence-electron chi connectivity index (χ4n) is 2.37. The number of nitrogens with zero attached hydrogens (tertiary/aromatic N) is 2. The number of aryl methyl sites for hydroxylation is 2. The highest BCUT2D eigenvalue weighted by Crippen LogP contribution is 2.34. The minimum atomic E-state index is -4.73. The molecule has 0 fully saturated rings. The summed E-state index contributed by atoms with van der Waals surface area (Å²) in [7, 11) is 0. The van der Waals surface area contributed by atoms with Crippen molar-refractivity contribution in [2.45, 2.75) is 30.9 Å². The zero-order valence-corrected chi connectivity index (χ0v) is 16.2. The van der Waals surface area contributed by atoms with Gasteiger partial charge in [-0.1, -0.05) is 23.9 Å². The minimum Gasteiger partial charge on any atom is -0.439 e. The van der Waals surface area contributed by atoms with Crippen molar-refractivity contribution in [2.24, 2.45) is 0 Å². The summed E-state index contributed by atoms with van der Waals surface area (Å²) in [4.78, 5) is 7.41. The first-order chi connectivity index (χ1) is 13.6. The lowest BCUT2D eigenvalue weighted by Gasteiger charge is -2.12. The fourth-order valence-corrected chi connectivity index (χ4v) is 3.24. The van der Waals surface area contributed by atoms with Crippen LogP contribution in [0.1, 0.15) is 22.4 Å². The van der Waals surface area contributed by atoms with E-state index in [1.165, 1.54) is 6.07 Å². The summed E-state index contributed by atoms with van der Waals surface area (Å²) in [6.45, 7) is 3.73. The normalized spacial score (nSPS) is 11.6. The summed E-state index contributed by atoms with van der Waals surface area (Å²) in [5.41, 5.74) is 0.425. The summed E-state index contributed by atoms with van der Waals surface area (Å²) >= 11 is 0.680. The highest BCUT2D eigenvalue weighted by Gasteiger charge is 2.34. The fraction of sp³-hybridized carbons (Fsp3) is 0.200. The number of alkyl halides is 3. The van der Waals surface area contributed by atoms with E-state index in [-0.39, 0.29) is 22.4 Å². The number of thioether (sulfide) groups is 1. The van der Waals surface area contributed by atoms with Crippen LogP contribution in [-0.4, -0.2) is 9.97 Å². The summed E-state index contributed by atoms with van der Waals surface area (Å²) in [6.07, 6.45) is -4.73. The molecule has 0 aliphatic carbocycles. The van der Waals surface area contributed by atoms with Gasteiger partial charge < -0.3 is 4.74 Å². The summed E-state index contributed by atoms with van der Waals surface area (Å²) in [5.74, 6) is -1.86. The average molecular weight is 426 g/mol. The molecule has 0 aliphatic heterocycles. The number of halogens is 5. The Kier molecular flexibility index (Phi) is 6.07. The Balaban J connectivity index is 1.90. The molecule has 0 unspecified atom stereocenters. The number of hydrogen-bond donors (Lipinski definition) is 0. The van der Waals surface area contributed by atoms with Gasteiger partial charge in [0.2, 0.25) is 5.88 Å². The number of ether oxygens (including phenoxy) is 1. The quantitative estimate of drug-likeness (QED) is 0.266. The second-order valence-corrected chi connectivity index (χ2v) is 7.15. The van der Waals surface area contributed by atoms with Crippen LogP contribution in [0.15, 0.2) is 47.6 Å². The van der Waals surface area contributed by atoms with Crippen LogP contribution in [0.4, 0.5) is 22.0 Å². The standard InChI is InChI=1S/C20H15F5N2OS/c1-11-6-7-13(8-12(11)2)28-18-9-17(20(23,24)25)26-19(27-18)29-10-14-15(21)4-3-5-16(14)22/h3-9H,10H2,1-2H3. The third-order valence-corrected chi connectivity index (χ3v) is 4.95. The van der Waals surface area contributed by atoms with Gasteiger partial charge in [-0.2, -0.15) is 18.2 Å². The van der Waals surface area contributed by atoms with Crippen LogP contribution in [0.3, 0.4) is 0 Å². The molecular weight excluding hydrogens is 411 g/mol. The lowest BCUT2D eigenvalue weighted by Crippen LogP contribution is -2.10. The van der Waals surface area contributed by atoms with Crippen molar-refractivity contribution in [1.82, 2.24) is 9.97 Å². The van der Waals surface area contributed by atoms with E-state index >= 15 is 0 Å². The summed E-state index contributed by atoms with van der Waals surface area (Å²) in [6, 6.07) is 9.08. The van der Waals surface area contributed by atoms with E-state index in [0.717, 1.165) is 23.3 Å². The van der Waals surface area contributed by atoms with Crippen molar-refractivity contribution in [1.29, 1.82) is 0 Å². The van der Waals surface area contributed by atoms with Crippen LogP contribution < -0.4 is 4.74 Å². The number of benzene rings is 2. The number of rotatable bonds is 5. The van der Waals surface area contributed by atoms with Crippen molar-refractivity contribution in [3.63, 3.8) is 0 Å². The van der Waals surface area contributed by atoms with E-state index in [1.54, 1.807) is 18.2 Å². The number of aromatic nitrogens is 2. The van der Waals surface area contributed by atoms with Crippen molar-refractivity contribution in [3.8, 4) is 11.6 Å². The second kappa shape index (κ2) is 8.36. The van der Waals surface area contributed by atoms with Gasteiger partial charge in [-0.3, -0.25) is 0 Å². The Morgan fingerprint density at radius 3 is 2.24 bits per heavy atom. The third-order valence-electron chi connectivity index (χ3n) is 4.08. The first kappa shape index (κ1) is 21.0. The molecule has 3 rings (SSSR count). The predicted octanol–water partition coefficient (Wildman–Crippen LogP) is 6.48. The van der Waals surface area contributed by atoms with Gasteiger partial charge in [0.15, 0.2) is 10.9 Å². The van der Waals surface area contributed by atoms with Gasteiger partial charge in [-0.05, 0) is 49.2 Å². The van der Waals surface area contributed by atoms with E-state index in [1.807, 2.05) is 13.8 Å². The van der Waals surface area contributed by atoms with E-state index in [9.17, 15) is 22.0 Å². The Bertz CT molecular complexity index is 1020. The molecule has 0 saturated heterocycles. The lowest BCUT2D eigenvalue weighted by atomic mass is 10.1. The topological polar surface area (TPSA) is 35.0 Å². The molecule has 0 aliphatic rings. The average Bonchev–Trinajstić information content (AvgIpc) is 2.63. The van der Waals surface area contributed by atoms with Crippen LogP contribution in [0.25, 0.3) is 0 Å². The van der Waals surface area contributed by atoms with E-state index in [0.29, 0.717) is 23.6 Å². The molecule has 0 amide bonds. The highest BCUT2D eigenvalue weighted by atomic mass is 32.2. The summed E-state index contributed by atoms with van der Waals surface area (Å²) < 4.78 is 72.7. The van der Waals surface area contributed by atoms with Gasteiger partial charge in [0.05, 0.1) is 0 Å². The van der Waals surface area contributed by atoms with Gasteiger partial charge in [0, 0.05) is 17.4 Å². The molecule has 0 saturated carbocycles. The van der Waals surface area contributed by atoms with Gasteiger partial charge in [0.1, 0.15) is 17.4 Å².